The summed E-state index contributed by atoms with van der Waals surface area (Å²) in [5.74, 6) is 4.54. The number of hydrogen-bond donors (Lipinski definition) is 0. The maximum Gasteiger partial charge on any atom is 0.0627 e. The van der Waals surface area contributed by atoms with Gasteiger partial charge in [0.15, 0.2) is 0 Å². The van der Waals surface area contributed by atoms with Crippen LogP contribution in [0, 0.1) is 41.9 Å². The minimum atomic E-state index is 0.289. The average Bonchev–Trinajstić information content (AvgIpc) is 3.29. The molecule has 0 aromatic heterocycles. The molecule has 0 amide bonds. The Hall–Kier alpha value is -1.86. The SMILES string of the molecule is COC1CCC2C3CCc4cc(C)c(C56C7C=CC(C7)C5(c5ccccc5)C6C)cc4C3CCC12C. The van der Waals surface area contributed by atoms with Crippen molar-refractivity contribution in [3.63, 3.8) is 0 Å². The van der Waals surface area contributed by atoms with Crippen LogP contribution in [0.2, 0.25) is 0 Å². The Bertz CT molecular complexity index is 1260. The zero-order valence-corrected chi connectivity index (χ0v) is 22.6. The minimum Gasteiger partial charge on any atom is -0.381 e. The van der Waals surface area contributed by atoms with Crippen LogP contribution in [0.5, 0.6) is 0 Å². The van der Waals surface area contributed by atoms with Gasteiger partial charge in [0, 0.05) is 17.9 Å². The maximum atomic E-state index is 6.04. The molecule has 1 nitrogen and oxygen atoms in total. The first kappa shape index (κ1) is 22.2. The molecule has 6 aliphatic carbocycles. The van der Waals surface area contributed by atoms with Gasteiger partial charge in [0.25, 0.3) is 0 Å². The normalized spacial score (nSPS) is 47.3. The van der Waals surface area contributed by atoms with Crippen LogP contribution in [0.4, 0.5) is 0 Å². The quantitative estimate of drug-likeness (QED) is 0.407. The first-order valence-electron chi connectivity index (χ1n) is 14.9. The van der Waals surface area contributed by atoms with E-state index in [1.165, 1.54) is 44.9 Å². The van der Waals surface area contributed by atoms with Crippen molar-refractivity contribution in [2.45, 2.75) is 88.6 Å². The number of hydrogen-bond acceptors (Lipinski definition) is 1. The van der Waals surface area contributed by atoms with Crippen LogP contribution >= 0.6 is 0 Å². The minimum absolute atomic E-state index is 0.289. The standard InChI is InChI=1S/C35H42O/c1-21-18-23-10-13-28-27(16-17-33(3)30(28)14-15-32(33)36-4)29(23)20-31(21)35-22(2)34(35,24-8-6-5-7-9-24)25-11-12-26(35)19-25/h5-9,11-12,18,20,22,25-28,30,32H,10,13-17,19H2,1-4H3. The first-order chi connectivity index (χ1) is 17.5. The summed E-state index contributed by atoms with van der Waals surface area (Å²) < 4.78 is 6.04. The third-order valence-electron chi connectivity index (χ3n) is 13.2. The number of allylic oxidation sites excluding steroid dienone is 2. The topological polar surface area (TPSA) is 9.23 Å². The number of fused-ring (bicyclic) bond motifs is 10. The van der Waals surface area contributed by atoms with Crippen LogP contribution < -0.4 is 0 Å². The van der Waals surface area contributed by atoms with E-state index in [0.29, 0.717) is 34.7 Å². The lowest BCUT2D eigenvalue weighted by molar-refractivity contribution is -0.0444. The van der Waals surface area contributed by atoms with Gasteiger partial charge in [-0.25, -0.2) is 0 Å². The third-order valence-corrected chi connectivity index (χ3v) is 13.2. The van der Waals surface area contributed by atoms with Crippen LogP contribution in [0.1, 0.15) is 86.1 Å². The Morgan fingerprint density at radius 1 is 0.917 bits per heavy atom. The van der Waals surface area contributed by atoms with Gasteiger partial charge in [-0.3, -0.25) is 0 Å². The van der Waals surface area contributed by atoms with E-state index in [0.717, 1.165) is 17.8 Å². The van der Waals surface area contributed by atoms with Gasteiger partial charge < -0.3 is 4.74 Å². The largest absolute Gasteiger partial charge is 0.381 e. The van der Waals surface area contributed by atoms with Crippen molar-refractivity contribution in [1.82, 2.24) is 0 Å². The van der Waals surface area contributed by atoms with Gasteiger partial charge in [-0.15, -0.1) is 0 Å². The zero-order valence-electron chi connectivity index (χ0n) is 22.6. The number of rotatable bonds is 3. The smallest absolute Gasteiger partial charge is 0.0627 e. The van der Waals surface area contributed by atoms with Crippen molar-refractivity contribution >= 4 is 0 Å². The average molecular weight is 479 g/mol. The fourth-order valence-electron chi connectivity index (χ4n) is 11.9. The summed E-state index contributed by atoms with van der Waals surface area (Å²) in [6.07, 6.45) is 15.0. The van der Waals surface area contributed by atoms with Crippen molar-refractivity contribution in [3.05, 3.63) is 82.4 Å². The van der Waals surface area contributed by atoms with Crippen LogP contribution in [0.3, 0.4) is 0 Å². The molecule has 8 rings (SSSR count). The molecular weight excluding hydrogens is 436 g/mol. The summed E-state index contributed by atoms with van der Waals surface area (Å²) in [5.41, 5.74) is 9.27. The van der Waals surface area contributed by atoms with Gasteiger partial charge in [-0.2, -0.15) is 0 Å². The third kappa shape index (κ3) is 2.31. The molecule has 188 valence electrons. The molecule has 0 N–H and O–H groups in total. The molecule has 10 atom stereocenters. The molecule has 0 radical (unpaired) electrons. The van der Waals surface area contributed by atoms with Crippen LogP contribution in [-0.2, 0) is 22.0 Å². The number of methoxy groups -OCH3 is 1. The van der Waals surface area contributed by atoms with E-state index in [1.54, 1.807) is 27.8 Å². The van der Waals surface area contributed by atoms with Crippen LogP contribution in [-0.4, -0.2) is 13.2 Å². The predicted octanol–water partition coefficient (Wildman–Crippen LogP) is 7.90. The second-order valence-corrected chi connectivity index (χ2v) is 13.8. The predicted molar refractivity (Wildman–Crippen MR) is 146 cm³/mol. The van der Waals surface area contributed by atoms with Gasteiger partial charge in [-0.05, 0) is 121 Å². The lowest BCUT2D eigenvalue weighted by Gasteiger charge is -2.50. The van der Waals surface area contributed by atoms with E-state index in [2.05, 4.69) is 75.4 Å². The van der Waals surface area contributed by atoms with Crippen molar-refractivity contribution < 1.29 is 4.74 Å². The van der Waals surface area contributed by atoms with Gasteiger partial charge >= 0.3 is 0 Å². The maximum absolute atomic E-state index is 6.04. The second kappa shape index (κ2) is 7.16. The molecule has 2 aromatic carbocycles. The van der Waals surface area contributed by atoms with Crippen molar-refractivity contribution in [3.8, 4) is 0 Å². The fraction of sp³-hybridized carbons (Fsp3) is 0.600. The van der Waals surface area contributed by atoms with Gasteiger partial charge in [0.2, 0.25) is 0 Å². The summed E-state index contributed by atoms with van der Waals surface area (Å²) in [6, 6.07) is 17.0. The van der Waals surface area contributed by atoms with Crippen LogP contribution in [0.25, 0.3) is 0 Å². The molecule has 1 heteroatoms. The second-order valence-electron chi connectivity index (χ2n) is 13.8. The number of benzene rings is 2. The van der Waals surface area contributed by atoms with E-state index in [-0.39, 0.29) is 5.41 Å². The highest BCUT2D eigenvalue weighted by Crippen LogP contribution is 2.84. The summed E-state index contributed by atoms with van der Waals surface area (Å²) in [5, 5.41) is 0. The Morgan fingerprint density at radius 2 is 1.69 bits per heavy atom. The van der Waals surface area contributed by atoms with E-state index < -0.39 is 0 Å². The number of aryl methyl sites for hydroxylation is 2. The molecule has 2 aromatic rings. The number of ether oxygens (including phenoxy) is 1. The Labute approximate surface area is 217 Å². The van der Waals surface area contributed by atoms with E-state index in [1.807, 2.05) is 7.11 Å². The summed E-state index contributed by atoms with van der Waals surface area (Å²) in [4.78, 5) is 0. The molecule has 4 fully saturated rings. The molecule has 0 saturated heterocycles. The van der Waals surface area contributed by atoms with E-state index in [4.69, 9.17) is 4.74 Å². The summed E-state index contributed by atoms with van der Waals surface area (Å²) >= 11 is 0. The highest BCUT2D eigenvalue weighted by molar-refractivity contribution is 5.63. The molecule has 0 heterocycles. The highest BCUT2D eigenvalue weighted by Gasteiger charge is 2.84. The van der Waals surface area contributed by atoms with Crippen molar-refractivity contribution in [1.29, 1.82) is 0 Å². The van der Waals surface area contributed by atoms with Crippen molar-refractivity contribution in [2.24, 2.45) is 35.0 Å². The molecule has 2 bridgehead atoms. The molecule has 0 aliphatic heterocycles. The molecule has 6 aliphatic rings. The monoisotopic (exact) mass is 478 g/mol. The van der Waals surface area contributed by atoms with Gasteiger partial charge in [0.1, 0.15) is 0 Å². The Kier molecular flexibility index (Phi) is 4.41. The van der Waals surface area contributed by atoms with Gasteiger partial charge in [-0.1, -0.05) is 68.5 Å². The Morgan fingerprint density at radius 3 is 2.47 bits per heavy atom. The van der Waals surface area contributed by atoms with E-state index >= 15 is 0 Å². The lowest BCUT2D eigenvalue weighted by Crippen LogP contribution is -2.44. The van der Waals surface area contributed by atoms with Gasteiger partial charge in [0.05, 0.1) is 6.10 Å². The van der Waals surface area contributed by atoms with E-state index in [9.17, 15) is 0 Å². The lowest BCUT2D eigenvalue weighted by atomic mass is 9.55. The van der Waals surface area contributed by atoms with Crippen molar-refractivity contribution in [2.75, 3.05) is 7.11 Å². The molecule has 0 spiro atoms. The Balaban J connectivity index is 1.25. The van der Waals surface area contributed by atoms with Crippen LogP contribution in [0.15, 0.2) is 54.6 Å². The highest BCUT2D eigenvalue weighted by atomic mass is 16.5. The molecule has 4 saturated carbocycles. The summed E-state index contributed by atoms with van der Waals surface area (Å²) in [7, 11) is 1.95. The summed E-state index contributed by atoms with van der Waals surface area (Å²) in [6.45, 7) is 7.58. The molecule has 36 heavy (non-hydrogen) atoms. The molecular formula is C35H42O. The molecule has 10 unspecified atom stereocenters. The first-order valence-corrected chi connectivity index (χ1v) is 14.9. The zero-order chi connectivity index (χ0) is 24.4. The fourth-order valence-corrected chi connectivity index (χ4v) is 11.9.